The number of rotatable bonds is 1. The van der Waals surface area contributed by atoms with Crippen LogP contribution in [0.15, 0.2) is 34.9 Å². The van der Waals surface area contributed by atoms with Crippen molar-refractivity contribution in [1.29, 1.82) is 0 Å². The van der Waals surface area contributed by atoms with Crippen molar-refractivity contribution in [2.75, 3.05) is 11.4 Å². The van der Waals surface area contributed by atoms with Crippen LogP contribution < -0.4 is 4.90 Å². The SMILES string of the molecule is Cc1cc(N2CCc3ccc(Br)c(C)c32)ccn1. The fourth-order valence-corrected chi connectivity index (χ4v) is 2.93. The smallest absolute Gasteiger partial charge is 0.0485 e. The van der Waals surface area contributed by atoms with E-state index in [1.807, 2.05) is 13.1 Å². The molecule has 1 aromatic carbocycles. The second-order valence-corrected chi connectivity index (χ2v) is 5.59. The molecule has 2 aromatic rings. The number of anilines is 2. The molecule has 0 unspecified atom stereocenters. The number of hydrogen-bond donors (Lipinski definition) is 0. The van der Waals surface area contributed by atoms with E-state index in [0.29, 0.717) is 0 Å². The number of benzene rings is 1. The van der Waals surface area contributed by atoms with Gasteiger partial charge in [0.15, 0.2) is 0 Å². The van der Waals surface area contributed by atoms with E-state index in [0.717, 1.165) is 18.7 Å². The number of aryl methyl sites for hydroxylation is 1. The minimum Gasteiger partial charge on any atom is -0.341 e. The molecule has 92 valence electrons. The topological polar surface area (TPSA) is 16.1 Å². The maximum absolute atomic E-state index is 4.27. The van der Waals surface area contributed by atoms with Gasteiger partial charge in [-0.05, 0) is 49.6 Å². The van der Waals surface area contributed by atoms with E-state index in [4.69, 9.17) is 0 Å². The Morgan fingerprint density at radius 3 is 2.83 bits per heavy atom. The largest absolute Gasteiger partial charge is 0.341 e. The van der Waals surface area contributed by atoms with Crippen LogP contribution in [-0.4, -0.2) is 11.5 Å². The first kappa shape index (κ1) is 11.7. The van der Waals surface area contributed by atoms with Crippen LogP contribution in [0.5, 0.6) is 0 Å². The summed E-state index contributed by atoms with van der Waals surface area (Å²) in [6.07, 6.45) is 3.00. The zero-order valence-corrected chi connectivity index (χ0v) is 12.2. The standard InChI is InChI=1S/C15H15BrN2/c1-10-9-13(5-7-17-10)18-8-6-12-3-4-14(16)11(2)15(12)18/h3-5,7,9H,6,8H2,1-2H3. The molecule has 0 fully saturated rings. The lowest BCUT2D eigenvalue weighted by molar-refractivity contribution is 0.990. The van der Waals surface area contributed by atoms with Crippen LogP contribution in [0, 0.1) is 13.8 Å². The molecule has 0 radical (unpaired) electrons. The van der Waals surface area contributed by atoms with Gasteiger partial charge >= 0.3 is 0 Å². The summed E-state index contributed by atoms with van der Waals surface area (Å²) in [5, 5.41) is 0. The van der Waals surface area contributed by atoms with Gasteiger partial charge < -0.3 is 4.90 Å². The van der Waals surface area contributed by atoms with Crippen molar-refractivity contribution in [2.24, 2.45) is 0 Å². The third kappa shape index (κ3) is 1.83. The molecule has 18 heavy (non-hydrogen) atoms. The Kier molecular flexibility index (Phi) is 2.86. The van der Waals surface area contributed by atoms with E-state index >= 15 is 0 Å². The van der Waals surface area contributed by atoms with Crippen LogP contribution >= 0.6 is 15.9 Å². The average Bonchev–Trinajstić information content (AvgIpc) is 2.78. The zero-order valence-electron chi connectivity index (χ0n) is 10.6. The quantitative estimate of drug-likeness (QED) is 0.786. The Hall–Kier alpha value is -1.35. The number of fused-ring (bicyclic) bond motifs is 1. The molecule has 3 rings (SSSR count). The van der Waals surface area contributed by atoms with E-state index in [2.05, 4.69) is 57.0 Å². The van der Waals surface area contributed by atoms with Crippen molar-refractivity contribution in [1.82, 2.24) is 4.98 Å². The van der Waals surface area contributed by atoms with Crippen LogP contribution in [0.25, 0.3) is 0 Å². The van der Waals surface area contributed by atoms with Crippen LogP contribution in [0.1, 0.15) is 16.8 Å². The minimum atomic E-state index is 1.05. The van der Waals surface area contributed by atoms with E-state index in [-0.39, 0.29) is 0 Å². The normalized spacial score (nSPS) is 13.8. The number of hydrogen-bond acceptors (Lipinski definition) is 2. The van der Waals surface area contributed by atoms with Gasteiger partial charge in [-0.3, -0.25) is 4.98 Å². The molecule has 0 atom stereocenters. The molecule has 1 aromatic heterocycles. The highest BCUT2D eigenvalue weighted by Crippen LogP contribution is 2.39. The highest BCUT2D eigenvalue weighted by molar-refractivity contribution is 9.10. The first-order valence-corrected chi connectivity index (χ1v) is 6.94. The summed E-state index contributed by atoms with van der Waals surface area (Å²) in [4.78, 5) is 6.66. The molecule has 0 saturated carbocycles. The average molecular weight is 303 g/mol. The van der Waals surface area contributed by atoms with Gasteiger partial charge in [0, 0.05) is 34.3 Å². The molecule has 2 heterocycles. The summed E-state index contributed by atoms with van der Waals surface area (Å²) < 4.78 is 1.18. The predicted molar refractivity (Wildman–Crippen MR) is 78.6 cm³/mol. The van der Waals surface area contributed by atoms with Crippen LogP contribution in [-0.2, 0) is 6.42 Å². The van der Waals surface area contributed by atoms with E-state index in [9.17, 15) is 0 Å². The van der Waals surface area contributed by atoms with Gasteiger partial charge in [-0.2, -0.15) is 0 Å². The summed E-state index contributed by atoms with van der Waals surface area (Å²) in [5.41, 5.74) is 6.41. The Morgan fingerprint density at radius 1 is 1.22 bits per heavy atom. The van der Waals surface area contributed by atoms with Crippen LogP contribution in [0.2, 0.25) is 0 Å². The molecule has 0 amide bonds. The molecular weight excluding hydrogens is 288 g/mol. The van der Waals surface area contributed by atoms with Crippen LogP contribution in [0.3, 0.4) is 0 Å². The predicted octanol–water partition coefficient (Wildman–Crippen LogP) is 4.16. The summed E-state index contributed by atoms with van der Waals surface area (Å²) in [7, 11) is 0. The zero-order chi connectivity index (χ0) is 12.7. The van der Waals surface area contributed by atoms with E-state index in [1.54, 1.807) is 0 Å². The highest BCUT2D eigenvalue weighted by atomic mass is 79.9. The third-order valence-electron chi connectivity index (χ3n) is 3.52. The first-order chi connectivity index (χ1) is 8.66. The fourth-order valence-electron chi connectivity index (χ4n) is 2.61. The summed E-state index contributed by atoms with van der Waals surface area (Å²) in [5.74, 6) is 0. The lowest BCUT2D eigenvalue weighted by atomic mass is 10.1. The maximum atomic E-state index is 4.27. The lowest BCUT2D eigenvalue weighted by Crippen LogP contribution is -2.14. The van der Waals surface area contributed by atoms with Gasteiger partial charge in [-0.15, -0.1) is 0 Å². The summed E-state index contributed by atoms with van der Waals surface area (Å²) in [6, 6.07) is 8.60. The van der Waals surface area contributed by atoms with Crippen molar-refractivity contribution in [3.8, 4) is 0 Å². The number of pyridine rings is 1. The van der Waals surface area contributed by atoms with E-state index < -0.39 is 0 Å². The second-order valence-electron chi connectivity index (χ2n) is 4.74. The van der Waals surface area contributed by atoms with Gasteiger partial charge in [0.2, 0.25) is 0 Å². The van der Waals surface area contributed by atoms with Crippen LogP contribution in [0.4, 0.5) is 11.4 Å². The summed E-state index contributed by atoms with van der Waals surface area (Å²) in [6.45, 7) is 5.26. The number of nitrogens with zero attached hydrogens (tertiary/aromatic N) is 2. The third-order valence-corrected chi connectivity index (χ3v) is 4.37. The van der Waals surface area contributed by atoms with Crippen molar-refractivity contribution in [2.45, 2.75) is 20.3 Å². The molecule has 2 nitrogen and oxygen atoms in total. The maximum Gasteiger partial charge on any atom is 0.0485 e. The van der Waals surface area contributed by atoms with Crippen molar-refractivity contribution in [3.63, 3.8) is 0 Å². The Labute approximate surface area is 116 Å². The Bertz CT molecular complexity index is 607. The Balaban J connectivity index is 2.12. The van der Waals surface area contributed by atoms with Crippen molar-refractivity contribution in [3.05, 3.63) is 51.8 Å². The molecule has 0 aliphatic carbocycles. The lowest BCUT2D eigenvalue weighted by Gasteiger charge is -2.22. The van der Waals surface area contributed by atoms with Gasteiger partial charge in [0.1, 0.15) is 0 Å². The molecule has 0 bridgehead atoms. The van der Waals surface area contributed by atoms with Gasteiger partial charge in [-0.1, -0.05) is 22.0 Å². The molecular formula is C15H15BrN2. The molecule has 0 saturated heterocycles. The number of aromatic nitrogens is 1. The molecule has 1 aliphatic rings. The second kappa shape index (κ2) is 4.39. The first-order valence-electron chi connectivity index (χ1n) is 6.15. The number of halogens is 1. The van der Waals surface area contributed by atoms with E-state index in [1.165, 1.54) is 27.0 Å². The molecule has 0 spiro atoms. The van der Waals surface area contributed by atoms with Gasteiger partial charge in [0.05, 0.1) is 0 Å². The van der Waals surface area contributed by atoms with Gasteiger partial charge in [-0.25, -0.2) is 0 Å². The fraction of sp³-hybridized carbons (Fsp3) is 0.267. The van der Waals surface area contributed by atoms with Gasteiger partial charge in [0.25, 0.3) is 0 Å². The molecule has 0 N–H and O–H groups in total. The summed E-state index contributed by atoms with van der Waals surface area (Å²) >= 11 is 3.62. The molecule has 3 heteroatoms. The monoisotopic (exact) mass is 302 g/mol. The molecule has 1 aliphatic heterocycles. The minimum absolute atomic E-state index is 1.05. The van der Waals surface area contributed by atoms with Crippen molar-refractivity contribution >= 4 is 27.3 Å². The highest BCUT2D eigenvalue weighted by Gasteiger charge is 2.23. The Morgan fingerprint density at radius 2 is 2.06 bits per heavy atom. The van der Waals surface area contributed by atoms with Crippen molar-refractivity contribution < 1.29 is 0 Å².